The highest BCUT2D eigenvalue weighted by molar-refractivity contribution is 7.89. The van der Waals surface area contributed by atoms with Crippen molar-refractivity contribution >= 4 is 15.9 Å². The van der Waals surface area contributed by atoms with Crippen LogP contribution in [0.4, 0.5) is 0 Å². The summed E-state index contributed by atoms with van der Waals surface area (Å²) in [5, 5.41) is 0. The Hall–Kier alpha value is -2.22. The first-order valence-corrected chi connectivity index (χ1v) is 11.0. The minimum absolute atomic E-state index is 0.0817. The second-order valence-electron chi connectivity index (χ2n) is 7.28. The predicted octanol–water partition coefficient (Wildman–Crippen LogP) is 0.623. The fourth-order valence-electron chi connectivity index (χ4n) is 3.63. The van der Waals surface area contributed by atoms with Crippen molar-refractivity contribution in [2.75, 3.05) is 33.2 Å². The number of nitrogens with zero attached hydrogens (tertiary/aromatic N) is 2. The number of likely N-dealkylation sites (N-methyl/N-ethyl adjacent to an activating group) is 1. The molecule has 1 N–H and O–H groups in total. The summed E-state index contributed by atoms with van der Waals surface area (Å²) in [6.07, 6.45) is 0. The highest BCUT2D eigenvalue weighted by Gasteiger charge is 2.35. The van der Waals surface area contributed by atoms with Crippen LogP contribution >= 0.6 is 0 Å². The molecule has 0 bridgehead atoms. The first-order chi connectivity index (χ1) is 13.4. The summed E-state index contributed by atoms with van der Waals surface area (Å²) < 4.78 is 27.0. The first kappa shape index (κ1) is 20.5. The van der Waals surface area contributed by atoms with Crippen LogP contribution in [0.2, 0.25) is 0 Å². The minimum atomic E-state index is -3.46. The highest BCUT2D eigenvalue weighted by atomic mass is 32.2. The summed E-state index contributed by atoms with van der Waals surface area (Å²) in [6.45, 7) is 4.60. The second kappa shape index (κ2) is 8.86. The Kier molecular flexibility index (Phi) is 6.49. The molecule has 0 aromatic heterocycles. The molecule has 1 fully saturated rings. The quantitative estimate of drug-likeness (QED) is 0.771. The molecule has 1 amide bonds. The van der Waals surface area contributed by atoms with Gasteiger partial charge in [0.05, 0.1) is 31.1 Å². The highest BCUT2D eigenvalue weighted by Crippen LogP contribution is 2.15. The Morgan fingerprint density at radius 2 is 1.57 bits per heavy atom. The lowest BCUT2D eigenvalue weighted by Gasteiger charge is -2.35. The summed E-state index contributed by atoms with van der Waals surface area (Å²) in [4.78, 5) is 16.0. The Morgan fingerprint density at radius 1 is 1.04 bits per heavy atom. The Balaban J connectivity index is 1.57. The van der Waals surface area contributed by atoms with Crippen molar-refractivity contribution in [2.24, 2.45) is 0 Å². The van der Waals surface area contributed by atoms with Crippen LogP contribution in [0.3, 0.4) is 0 Å². The van der Waals surface area contributed by atoms with Gasteiger partial charge < -0.3 is 9.80 Å². The van der Waals surface area contributed by atoms with Crippen molar-refractivity contribution in [3.8, 4) is 0 Å². The molecule has 6 nitrogen and oxygen atoms in total. The summed E-state index contributed by atoms with van der Waals surface area (Å²) in [6, 6.07) is 18.2. The van der Waals surface area contributed by atoms with E-state index >= 15 is 0 Å². The van der Waals surface area contributed by atoms with E-state index in [4.69, 9.17) is 0 Å². The summed E-state index contributed by atoms with van der Waals surface area (Å²) in [5.41, 5.74) is 1.10. The number of hydrogen-bond acceptors (Lipinski definition) is 3. The number of quaternary nitrogens is 1. The zero-order valence-electron chi connectivity index (χ0n) is 16.4. The van der Waals surface area contributed by atoms with Crippen LogP contribution in [-0.4, -0.2) is 62.8 Å². The maximum absolute atomic E-state index is 12.8. The van der Waals surface area contributed by atoms with Crippen LogP contribution in [0.15, 0.2) is 65.6 Å². The monoisotopic (exact) mass is 402 g/mol. The van der Waals surface area contributed by atoms with Crippen molar-refractivity contribution < 1.29 is 18.1 Å². The number of amides is 1. The first-order valence-electron chi connectivity index (χ1n) is 9.58. The Labute approximate surface area is 167 Å². The number of carbonyl (C=O) groups is 1. The average Bonchev–Trinajstić information content (AvgIpc) is 2.74. The zero-order chi connectivity index (χ0) is 20.1. The standard InChI is InChI=1S/C21H27N3O3S/c1-18(21(25)22(2)17-19-9-5-3-6-10-19)23-13-15-24(16-14-23)28(26,27)20-11-7-4-8-12-20/h3-12,18H,13-17H2,1-2H3/p+1/t18-/m1/s1. The topological polar surface area (TPSA) is 62.1 Å². The minimum Gasteiger partial charge on any atom is -0.336 e. The van der Waals surface area contributed by atoms with Gasteiger partial charge in [0.15, 0.2) is 6.04 Å². The van der Waals surface area contributed by atoms with Gasteiger partial charge in [-0.2, -0.15) is 4.31 Å². The SMILES string of the molecule is C[C@H](C(=O)N(C)Cc1ccccc1)[NH+]1CCN(S(=O)(=O)c2ccccc2)CC1. The third-order valence-electron chi connectivity index (χ3n) is 5.37. The molecule has 2 aromatic rings. The number of sulfonamides is 1. The molecule has 150 valence electrons. The van der Waals surface area contributed by atoms with E-state index in [1.165, 1.54) is 4.31 Å². The van der Waals surface area contributed by atoms with Gasteiger partial charge in [0, 0.05) is 13.6 Å². The lowest BCUT2D eigenvalue weighted by molar-refractivity contribution is -0.918. The molecule has 28 heavy (non-hydrogen) atoms. The predicted molar refractivity (Wildman–Crippen MR) is 108 cm³/mol. The average molecular weight is 403 g/mol. The Morgan fingerprint density at radius 3 is 2.14 bits per heavy atom. The van der Waals surface area contributed by atoms with Gasteiger partial charge in [-0.3, -0.25) is 4.79 Å². The maximum Gasteiger partial charge on any atom is 0.280 e. The van der Waals surface area contributed by atoms with Gasteiger partial charge in [0.1, 0.15) is 0 Å². The maximum atomic E-state index is 12.8. The van der Waals surface area contributed by atoms with Gasteiger partial charge >= 0.3 is 0 Å². The van der Waals surface area contributed by atoms with Crippen molar-refractivity contribution in [1.29, 1.82) is 0 Å². The molecule has 0 spiro atoms. The lowest BCUT2D eigenvalue weighted by Crippen LogP contribution is -3.19. The Bertz CT molecular complexity index is 880. The normalized spacial score (nSPS) is 17.2. The summed E-state index contributed by atoms with van der Waals surface area (Å²) in [5.74, 6) is 0.0817. The second-order valence-corrected chi connectivity index (χ2v) is 9.21. The van der Waals surface area contributed by atoms with Gasteiger partial charge in [0.2, 0.25) is 10.0 Å². The van der Waals surface area contributed by atoms with Crippen molar-refractivity contribution in [3.05, 3.63) is 66.2 Å². The molecular weight excluding hydrogens is 374 g/mol. The number of rotatable bonds is 6. The third-order valence-corrected chi connectivity index (χ3v) is 7.28. The molecule has 1 atom stereocenters. The molecule has 1 aliphatic rings. The smallest absolute Gasteiger partial charge is 0.280 e. The van der Waals surface area contributed by atoms with Gasteiger partial charge in [-0.1, -0.05) is 48.5 Å². The molecule has 0 radical (unpaired) electrons. The van der Waals surface area contributed by atoms with E-state index in [1.807, 2.05) is 44.3 Å². The molecule has 7 heteroatoms. The largest absolute Gasteiger partial charge is 0.336 e. The zero-order valence-corrected chi connectivity index (χ0v) is 17.2. The van der Waals surface area contributed by atoms with E-state index < -0.39 is 10.0 Å². The van der Waals surface area contributed by atoms with Crippen LogP contribution in [0.25, 0.3) is 0 Å². The van der Waals surface area contributed by atoms with Crippen molar-refractivity contribution in [3.63, 3.8) is 0 Å². The molecule has 1 aliphatic heterocycles. The number of piperazine rings is 1. The van der Waals surface area contributed by atoms with Gasteiger partial charge in [0.25, 0.3) is 5.91 Å². The lowest BCUT2D eigenvalue weighted by atomic mass is 10.2. The third kappa shape index (κ3) is 4.60. The number of hydrogen-bond donors (Lipinski definition) is 1. The molecular formula is C21H28N3O3S+. The summed E-state index contributed by atoms with van der Waals surface area (Å²) in [7, 11) is -1.64. The number of carbonyl (C=O) groups excluding carboxylic acids is 1. The molecule has 3 rings (SSSR count). The van der Waals surface area contributed by atoms with E-state index in [0.717, 1.165) is 10.5 Å². The summed E-state index contributed by atoms with van der Waals surface area (Å²) >= 11 is 0. The number of benzene rings is 2. The van der Waals surface area contributed by atoms with Crippen LogP contribution in [0.1, 0.15) is 12.5 Å². The molecule has 0 saturated carbocycles. The van der Waals surface area contributed by atoms with Gasteiger partial charge in [-0.25, -0.2) is 8.42 Å². The van der Waals surface area contributed by atoms with E-state index in [9.17, 15) is 13.2 Å². The molecule has 0 unspecified atom stereocenters. The van der Waals surface area contributed by atoms with Gasteiger partial charge in [-0.15, -0.1) is 0 Å². The van der Waals surface area contributed by atoms with E-state index in [-0.39, 0.29) is 11.9 Å². The van der Waals surface area contributed by atoms with E-state index in [2.05, 4.69) is 0 Å². The van der Waals surface area contributed by atoms with Crippen molar-refractivity contribution in [1.82, 2.24) is 9.21 Å². The fraction of sp³-hybridized carbons (Fsp3) is 0.381. The molecule has 1 heterocycles. The molecule has 0 aliphatic carbocycles. The fourth-order valence-corrected chi connectivity index (χ4v) is 5.09. The van der Waals surface area contributed by atoms with Crippen molar-refractivity contribution in [2.45, 2.75) is 24.4 Å². The van der Waals surface area contributed by atoms with Crippen LogP contribution in [0.5, 0.6) is 0 Å². The van der Waals surface area contributed by atoms with Crippen LogP contribution < -0.4 is 4.90 Å². The van der Waals surface area contributed by atoms with E-state index in [1.54, 1.807) is 35.2 Å². The number of nitrogens with one attached hydrogen (secondary N) is 1. The van der Waals surface area contributed by atoms with E-state index in [0.29, 0.717) is 37.6 Å². The molecule has 1 saturated heterocycles. The molecule has 2 aromatic carbocycles. The van der Waals surface area contributed by atoms with Crippen LogP contribution in [-0.2, 0) is 21.4 Å². The van der Waals surface area contributed by atoms with Gasteiger partial charge in [-0.05, 0) is 24.6 Å². The van der Waals surface area contributed by atoms with Crippen LogP contribution in [0, 0.1) is 0 Å².